The number of aryl methyl sites for hydroxylation is 1. The second-order valence-electron chi connectivity index (χ2n) is 5.01. The maximum atomic E-state index is 4.18. The van der Waals surface area contributed by atoms with Crippen molar-refractivity contribution >= 4 is 11.3 Å². The van der Waals surface area contributed by atoms with Gasteiger partial charge in [0.2, 0.25) is 0 Å². The first-order valence-electron chi connectivity index (χ1n) is 6.94. The van der Waals surface area contributed by atoms with E-state index < -0.39 is 0 Å². The van der Waals surface area contributed by atoms with Crippen molar-refractivity contribution in [2.45, 2.75) is 38.1 Å². The van der Waals surface area contributed by atoms with Crippen LogP contribution in [0.4, 0.5) is 0 Å². The van der Waals surface area contributed by atoms with Crippen molar-refractivity contribution in [3.05, 3.63) is 46.2 Å². The summed E-state index contributed by atoms with van der Waals surface area (Å²) in [4.78, 5) is 9.92. The van der Waals surface area contributed by atoms with Crippen molar-refractivity contribution in [1.29, 1.82) is 0 Å². The van der Waals surface area contributed by atoms with E-state index in [0.717, 1.165) is 6.54 Å². The Morgan fingerprint density at radius 2 is 2.26 bits per heavy atom. The Morgan fingerprint density at radius 3 is 3.05 bits per heavy atom. The van der Waals surface area contributed by atoms with Gasteiger partial charge in [-0.2, -0.15) is 0 Å². The van der Waals surface area contributed by atoms with Gasteiger partial charge in [0.05, 0.1) is 0 Å². The van der Waals surface area contributed by atoms with E-state index in [4.69, 9.17) is 0 Å². The molecule has 0 spiro atoms. The Labute approximate surface area is 118 Å². The predicted octanol–water partition coefficient (Wildman–Crippen LogP) is 3.31. The molecule has 2 aromatic heterocycles. The first kappa shape index (κ1) is 12.8. The highest BCUT2D eigenvalue weighted by molar-refractivity contribution is 7.10. The van der Waals surface area contributed by atoms with Gasteiger partial charge >= 0.3 is 0 Å². The van der Waals surface area contributed by atoms with Crippen molar-refractivity contribution in [2.75, 3.05) is 6.54 Å². The molecule has 1 aliphatic rings. The third-order valence-electron chi connectivity index (χ3n) is 3.86. The van der Waals surface area contributed by atoms with Crippen molar-refractivity contribution in [2.24, 2.45) is 0 Å². The van der Waals surface area contributed by atoms with E-state index in [-0.39, 0.29) is 0 Å². The molecule has 0 aromatic carbocycles. The van der Waals surface area contributed by atoms with Crippen LogP contribution in [0.1, 0.15) is 47.7 Å². The molecule has 1 N–H and O–H groups in total. The SMILES string of the molecule is CCNC(c1cncnc1)C1CCCc2sccc21. The highest BCUT2D eigenvalue weighted by Gasteiger charge is 2.29. The highest BCUT2D eigenvalue weighted by Crippen LogP contribution is 2.41. The number of aromatic nitrogens is 2. The molecule has 0 saturated heterocycles. The van der Waals surface area contributed by atoms with Gasteiger partial charge in [0.25, 0.3) is 0 Å². The molecule has 4 heteroatoms. The van der Waals surface area contributed by atoms with Crippen LogP contribution in [0.3, 0.4) is 0 Å². The van der Waals surface area contributed by atoms with Gasteiger partial charge in [0.1, 0.15) is 6.33 Å². The summed E-state index contributed by atoms with van der Waals surface area (Å²) >= 11 is 1.90. The van der Waals surface area contributed by atoms with Gasteiger partial charge in [0.15, 0.2) is 0 Å². The number of hydrogen-bond acceptors (Lipinski definition) is 4. The molecule has 0 aliphatic heterocycles. The number of hydrogen-bond donors (Lipinski definition) is 1. The first-order valence-corrected chi connectivity index (χ1v) is 7.82. The smallest absolute Gasteiger partial charge is 0.115 e. The van der Waals surface area contributed by atoms with Crippen LogP contribution in [0, 0.1) is 0 Å². The highest BCUT2D eigenvalue weighted by atomic mass is 32.1. The predicted molar refractivity (Wildman–Crippen MR) is 78.4 cm³/mol. The monoisotopic (exact) mass is 273 g/mol. The second-order valence-corrected chi connectivity index (χ2v) is 6.01. The van der Waals surface area contributed by atoms with Crippen molar-refractivity contribution < 1.29 is 0 Å². The van der Waals surface area contributed by atoms with Crippen LogP contribution < -0.4 is 5.32 Å². The van der Waals surface area contributed by atoms with E-state index in [1.54, 1.807) is 11.2 Å². The number of nitrogens with one attached hydrogen (secondary N) is 1. The van der Waals surface area contributed by atoms with Gasteiger partial charge in [-0.25, -0.2) is 9.97 Å². The molecule has 0 fully saturated rings. The molecule has 3 rings (SSSR count). The lowest BCUT2D eigenvalue weighted by Gasteiger charge is -2.31. The summed E-state index contributed by atoms with van der Waals surface area (Å²) in [7, 11) is 0. The van der Waals surface area contributed by atoms with Gasteiger partial charge in [0, 0.05) is 34.8 Å². The van der Waals surface area contributed by atoms with Crippen LogP contribution in [0.25, 0.3) is 0 Å². The van der Waals surface area contributed by atoms with Crippen molar-refractivity contribution in [3.8, 4) is 0 Å². The molecule has 3 nitrogen and oxygen atoms in total. The summed E-state index contributed by atoms with van der Waals surface area (Å²) in [6, 6.07) is 2.64. The van der Waals surface area contributed by atoms with Gasteiger partial charge in [-0.3, -0.25) is 0 Å². The Balaban J connectivity index is 1.94. The molecule has 0 amide bonds. The third kappa shape index (κ3) is 2.55. The van der Waals surface area contributed by atoms with E-state index in [1.165, 1.54) is 30.4 Å². The summed E-state index contributed by atoms with van der Waals surface area (Å²) in [5.74, 6) is 0.556. The van der Waals surface area contributed by atoms with Gasteiger partial charge in [-0.15, -0.1) is 11.3 Å². The molecular weight excluding hydrogens is 254 g/mol. The summed E-state index contributed by atoms with van der Waals surface area (Å²) in [6.07, 6.45) is 9.27. The van der Waals surface area contributed by atoms with Gasteiger partial charge < -0.3 is 5.32 Å². The first-order chi connectivity index (χ1) is 9.40. The third-order valence-corrected chi connectivity index (χ3v) is 4.86. The second kappa shape index (κ2) is 5.80. The Morgan fingerprint density at radius 1 is 1.42 bits per heavy atom. The zero-order valence-electron chi connectivity index (χ0n) is 11.2. The normalized spacial score (nSPS) is 19.9. The van der Waals surface area contributed by atoms with E-state index in [2.05, 4.69) is 33.7 Å². The standard InChI is InChI=1S/C15H19N3S/c1-2-18-15(11-8-16-10-17-9-11)13-4-3-5-14-12(13)6-7-19-14/h6-10,13,15,18H,2-5H2,1H3. The zero-order valence-corrected chi connectivity index (χ0v) is 12.0. The molecule has 0 saturated carbocycles. The number of likely N-dealkylation sites (N-methyl/N-ethyl adjacent to an activating group) is 1. The molecule has 2 heterocycles. The minimum absolute atomic E-state index is 0.333. The zero-order chi connectivity index (χ0) is 13.1. The Kier molecular flexibility index (Phi) is 3.89. The summed E-state index contributed by atoms with van der Waals surface area (Å²) in [5.41, 5.74) is 2.74. The minimum Gasteiger partial charge on any atom is -0.310 e. The maximum absolute atomic E-state index is 4.18. The lowest BCUT2D eigenvalue weighted by atomic mass is 9.80. The van der Waals surface area contributed by atoms with E-state index in [9.17, 15) is 0 Å². The lowest BCUT2D eigenvalue weighted by Crippen LogP contribution is -2.29. The Hall–Kier alpha value is -1.26. The van der Waals surface area contributed by atoms with Crippen molar-refractivity contribution in [1.82, 2.24) is 15.3 Å². The fourth-order valence-electron chi connectivity index (χ4n) is 3.05. The number of nitrogens with zero attached hydrogens (tertiary/aromatic N) is 2. The van der Waals surface area contributed by atoms with Crippen LogP contribution in [-0.4, -0.2) is 16.5 Å². The molecule has 0 radical (unpaired) electrons. The molecule has 19 heavy (non-hydrogen) atoms. The van der Waals surface area contributed by atoms with E-state index in [0.29, 0.717) is 12.0 Å². The van der Waals surface area contributed by atoms with Crippen LogP contribution in [0.15, 0.2) is 30.2 Å². The number of rotatable bonds is 4. The van der Waals surface area contributed by atoms with Gasteiger partial charge in [-0.1, -0.05) is 6.92 Å². The summed E-state index contributed by atoms with van der Waals surface area (Å²) in [5, 5.41) is 5.85. The van der Waals surface area contributed by atoms with Crippen LogP contribution in [-0.2, 0) is 6.42 Å². The maximum Gasteiger partial charge on any atom is 0.115 e. The molecular formula is C15H19N3S. The molecule has 2 atom stereocenters. The average molecular weight is 273 g/mol. The number of fused-ring (bicyclic) bond motifs is 1. The molecule has 100 valence electrons. The largest absolute Gasteiger partial charge is 0.310 e. The molecule has 1 aliphatic carbocycles. The lowest BCUT2D eigenvalue weighted by molar-refractivity contribution is 0.410. The fourth-order valence-corrected chi connectivity index (χ4v) is 4.05. The quantitative estimate of drug-likeness (QED) is 0.928. The number of thiophene rings is 1. The topological polar surface area (TPSA) is 37.8 Å². The molecule has 2 aromatic rings. The van der Waals surface area contributed by atoms with Crippen LogP contribution in [0.5, 0.6) is 0 Å². The van der Waals surface area contributed by atoms with E-state index >= 15 is 0 Å². The van der Waals surface area contributed by atoms with Crippen LogP contribution >= 0.6 is 11.3 Å². The fraction of sp³-hybridized carbons (Fsp3) is 0.467. The summed E-state index contributed by atoms with van der Waals surface area (Å²) in [6.45, 7) is 3.13. The summed E-state index contributed by atoms with van der Waals surface area (Å²) < 4.78 is 0. The van der Waals surface area contributed by atoms with E-state index in [1.807, 2.05) is 23.7 Å². The molecule has 0 bridgehead atoms. The average Bonchev–Trinajstić information content (AvgIpc) is 2.94. The van der Waals surface area contributed by atoms with Gasteiger partial charge in [-0.05, 0) is 42.8 Å². The van der Waals surface area contributed by atoms with Crippen molar-refractivity contribution in [3.63, 3.8) is 0 Å². The molecule has 2 unspecified atom stereocenters. The minimum atomic E-state index is 0.333. The Bertz CT molecular complexity index is 523. The van der Waals surface area contributed by atoms with Crippen LogP contribution in [0.2, 0.25) is 0 Å².